The van der Waals surface area contributed by atoms with Crippen LogP contribution < -0.4 is 0 Å². The Balaban J connectivity index is 2.90. The zero-order chi connectivity index (χ0) is 14.6. The highest BCUT2D eigenvalue weighted by atomic mass is 19.2. The summed E-state index contributed by atoms with van der Waals surface area (Å²) in [5.74, 6) is -3.60. The van der Waals surface area contributed by atoms with E-state index in [0.717, 1.165) is 6.07 Å². The Hall–Kier alpha value is -1.56. The monoisotopic (exact) mass is 275 g/mol. The van der Waals surface area contributed by atoms with Gasteiger partial charge in [0.2, 0.25) is 0 Å². The Morgan fingerprint density at radius 3 is 2.32 bits per heavy atom. The predicted molar refractivity (Wildman–Crippen MR) is 64.1 cm³/mol. The number of rotatable bonds is 5. The molecule has 0 fully saturated rings. The van der Waals surface area contributed by atoms with Gasteiger partial charge < -0.3 is 9.64 Å². The number of halogens is 3. The van der Waals surface area contributed by atoms with Gasteiger partial charge in [-0.15, -0.1) is 0 Å². The summed E-state index contributed by atoms with van der Waals surface area (Å²) in [6.45, 7) is 0. The fourth-order valence-electron chi connectivity index (χ4n) is 1.69. The molecular formula is C13H16F3NO2. The maximum atomic E-state index is 13.5. The van der Waals surface area contributed by atoms with Gasteiger partial charge in [-0.3, -0.25) is 4.79 Å². The number of methoxy groups -OCH3 is 1. The molecule has 6 heteroatoms. The first-order valence-corrected chi connectivity index (χ1v) is 5.71. The number of carbonyl (C=O) groups is 1. The highest BCUT2D eigenvalue weighted by Crippen LogP contribution is 2.18. The third-order valence-electron chi connectivity index (χ3n) is 2.91. The van der Waals surface area contributed by atoms with Gasteiger partial charge in [-0.05, 0) is 32.1 Å². The highest BCUT2D eigenvalue weighted by Gasteiger charge is 2.20. The number of likely N-dealkylation sites (N-methyl/N-ethyl adjacent to an activating group) is 1. The Labute approximate surface area is 110 Å². The topological polar surface area (TPSA) is 29.5 Å². The Morgan fingerprint density at radius 2 is 1.79 bits per heavy atom. The molecule has 0 N–H and O–H groups in total. The first-order valence-electron chi connectivity index (χ1n) is 5.71. The van der Waals surface area contributed by atoms with E-state index >= 15 is 0 Å². The lowest BCUT2D eigenvalue weighted by atomic mass is 10.0. The van der Waals surface area contributed by atoms with Gasteiger partial charge in [0.15, 0.2) is 11.6 Å². The molecule has 0 aliphatic heterocycles. The number of benzene rings is 1. The molecular weight excluding hydrogens is 259 g/mol. The van der Waals surface area contributed by atoms with Crippen molar-refractivity contribution in [2.24, 2.45) is 0 Å². The Morgan fingerprint density at radius 1 is 1.21 bits per heavy atom. The Kier molecular flexibility index (Phi) is 5.35. The lowest BCUT2D eigenvalue weighted by Gasteiger charge is -2.23. The van der Waals surface area contributed by atoms with Crippen molar-refractivity contribution in [1.82, 2.24) is 4.90 Å². The van der Waals surface area contributed by atoms with Crippen molar-refractivity contribution >= 4 is 5.97 Å². The average Bonchev–Trinajstić information content (AvgIpc) is 2.34. The van der Waals surface area contributed by atoms with Crippen LogP contribution in [0.25, 0.3) is 0 Å². The molecule has 106 valence electrons. The smallest absolute Gasteiger partial charge is 0.307 e. The van der Waals surface area contributed by atoms with Gasteiger partial charge in [0.1, 0.15) is 5.82 Å². The molecule has 0 spiro atoms. The van der Waals surface area contributed by atoms with Crippen LogP contribution in [0.4, 0.5) is 13.2 Å². The molecule has 0 heterocycles. The second-order valence-electron chi connectivity index (χ2n) is 4.46. The SMILES string of the molecule is COC(=O)CC(Cc1cc(F)c(F)cc1F)N(C)C. The number of carbonyl (C=O) groups excluding carboxylic acids is 1. The van der Waals surface area contributed by atoms with Gasteiger partial charge in [-0.1, -0.05) is 0 Å². The molecule has 1 unspecified atom stereocenters. The van der Waals surface area contributed by atoms with Gasteiger partial charge in [-0.25, -0.2) is 13.2 Å². The van der Waals surface area contributed by atoms with E-state index < -0.39 is 23.4 Å². The van der Waals surface area contributed by atoms with Crippen molar-refractivity contribution in [3.05, 3.63) is 35.1 Å². The zero-order valence-electron chi connectivity index (χ0n) is 11.0. The average molecular weight is 275 g/mol. The molecule has 1 aromatic rings. The van der Waals surface area contributed by atoms with Gasteiger partial charge in [-0.2, -0.15) is 0 Å². The summed E-state index contributed by atoms with van der Waals surface area (Å²) in [6, 6.07) is 0.973. The quantitative estimate of drug-likeness (QED) is 0.609. The van der Waals surface area contributed by atoms with Crippen LogP contribution >= 0.6 is 0 Å². The summed E-state index contributed by atoms with van der Waals surface area (Å²) < 4.78 is 44.0. The number of esters is 1. The molecule has 19 heavy (non-hydrogen) atoms. The zero-order valence-corrected chi connectivity index (χ0v) is 11.0. The summed E-state index contributed by atoms with van der Waals surface area (Å²) in [5, 5.41) is 0. The van der Waals surface area contributed by atoms with Gasteiger partial charge in [0.05, 0.1) is 13.5 Å². The molecule has 3 nitrogen and oxygen atoms in total. The van der Waals surface area contributed by atoms with Crippen molar-refractivity contribution in [2.45, 2.75) is 18.9 Å². The second-order valence-corrected chi connectivity index (χ2v) is 4.46. The fourth-order valence-corrected chi connectivity index (χ4v) is 1.69. The standard InChI is InChI=1S/C13H16F3NO2/c1-17(2)9(6-13(18)19-3)4-8-5-11(15)12(16)7-10(8)14/h5,7,9H,4,6H2,1-3H3. The van der Waals surface area contributed by atoms with Crippen LogP contribution in [0.5, 0.6) is 0 Å². The van der Waals surface area contributed by atoms with Crippen LogP contribution in [0.1, 0.15) is 12.0 Å². The van der Waals surface area contributed by atoms with E-state index in [-0.39, 0.29) is 24.4 Å². The minimum absolute atomic E-state index is 0.0292. The van der Waals surface area contributed by atoms with Crippen LogP contribution in [-0.4, -0.2) is 38.1 Å². The number of hydrogen-bond donors (Lipinski definition) is 0. The molecule has 0 radical (unpaired) electrons. The van der Waals surface area contributed by atoms with Crippen molar-refractivity contribution in [3.63, 3.8) is 0 Å². The largest absolute Gasteiger partial charge is 0.469 e. The van der Waals surface area contributed by atoms with Crippen LogP contribution in [0, 0.1) is 17.5 Å². The lowest BCUT2D eigenvalue weighted by molar-refractivity contribution is -0.141. The van der Waals surface area contributed by atoms with E-state index in [0.29, 0.717) is 6.07 Å². The van der Waals surface area contributed by atoms with Crippen LogP contribution in [-0.2, 0) is 16.0 Å². The van der Waals surface area contributed by atoms with Crippen molar-refractivity contribution in [1.29, 1.82) is 0 Å². The third-order valence-corrected chi connectivity index (χ3v) is 2.91. The molecule has 0 saturated heterocycles. The van der Waals surface area contributed by atoms with Crippen LogP contribution in [0.2, 0.25) is 0 Å². The molecule has 1 aromatic carbocycles. The van der Waals surface area contributed by atoms with Gasteiger partial charge >= 0.3 is 5.97 Å². The number of hydrogen-bond acceptors (Lipinski definition) is 3. The molecule has 0 bridgehead atoms. The molecule has 0 amide bonds. The van der Waals surface area contributed by atoms with Crippen molar-refractivity contribution in [2.75, 3.05) is 21.2 Å². The van der Waals surface area contributed by atoms with Crippen molar-refractivity contribution < 1.29 is 22.7 Å². The van der Waals surface area contributed by atoms with Gasteiger partial charge in [0.25, 0.3) is 0 Å². The van der Waals surface area contributed by atoms with E-state index in [1.54, 1.807) is 19.0 Å². The van der Waals surface area contributed by atoms with E-state index in [4.69, 9.17) is 0 Å². The first kappa shape index (κ1) is 15.5. The lowest BCUT2D eigenvalue weighted by Crippen LogP contribution is -2.33. The van der Waals surface area contributed by atoms with E-state index in [9.17, 15) is 18.0 Å². The summed E-state index contributed by atoms with van der Waals surface area (Å²) in [4.78, 5) is 13.0. The second kappa shape index (κ2) is 6.56. The summed E-state index contributed by atoms with van der Waals surface area (Å²) in [7, 11) is 4.68. The fraction of sp³-hybridized carbons (Fsp3) is 0.462. The van der Waals surface area contributed by atoms with E-state index in [1.165, 1.54) is 7.11 Å². The third kappa shape index (κ3) is 4.24. The van der Waals surface area contributed by atoms with E-state index in [2.05, 4.69) is 4.74 Å². The molecule has 0 aromatic heterocycles. The normalized spacial score (nSPS) is 12.6. The summed E-state index contributed by atoms with van der Waals surface area (Å²) in [5.41, 5.74) is 0.0292. The predicted octanol–water partition coefficient (Wildman–Crippen LogP) is 2.14. The van der Waals surface area contributed by atoms with Crippen molar-refractivity contribution in [3.8, 4) is 0 Å². The summed E-state index contributed by atoms with van der Waals surface area (Å²) in [6.07, 6.45) is 0.132. The summed E-state index contributed by atoms with van der Waals surface area (Å²) >= 11 is 0. The molecule has 1 rings (SSSR count). The number of nitrogens with zero attached hydrogens (tertiary/aromatic N) is 1. The van der Waals surface area contributed by atoms with Gasteiger partial charge in [0, 0.05) is 12.1 Å². The molecule has 0 aliphatic carbocycles. The Bertz CT molecular complexity index is 463. The molecule has 1 atom stereocenters. The maximum Gasteiger partial charge on any atom is 0.307 e. The minimum atomic E-state index is -1.23. The number of ether oxygens (including phenoxy) is 1. The minimum Gasteiger partial charge on any atom is -0.469 e. The van der Waals surface area contributed by atoms with E-state index in [1.807, 2.05) is 0 Å². The molecule has 0 saturated carbocycles. The van der Waals surface area contributed by atoms with Crippen LogP contribution in [0.15, 0.2) is 12.1 Å². The highest BCUT2D eigenvalue weighted by molar-refractivity contribution is 5.69. The first-order chi connectivity index (χ1) is 8.85. The maximum absolute atomic E-state index is 13.5. The molecule has 0 aliphatic rings. The van der Waals surface area contributed by atoms with Crippen LogP contribution in [0.3, 0.4) is 0 Å².